The van der Waals surface area contributed by atoms with Gasteiger partial charge in [0.05, 0.1) is 11.2 Å². The van der Waals surface area contributed by atoms with Gasteiger partial charge in [-0.2, -0.15) is 0 Å². The Morgan fingerprint density at radius 2 is 2.00 bits per heavy atom. The van der Waals surface area contributed by atoms with Gasteiger partial charge in [-0.1, -0.05) is 12.8 Å². The third kappa shape index (κ3) is 4.03. The summed E-state index contributed by atoms with van der Waals surface area (Å²) in [5.74, 6) is 0.0156. The zero-order valence-electron chi connectivity index (χ0n) is 11.9. The SMILES string of the molecule is Cc1ncsc1C(=O)NCCC(=O)N1CCCCCC1. The summed E-state index contributed by atoms with van der Waals surface area (Å²) < 4.78 is 0. The number of nitrogens with zero attached hydrogens (tertiary/aromatic N) is 2. The first-order valence-corrected chi connectivity index (χ1v) is 8.02. The largest absolute Gasteiger partial charge is 0.351 e. The fraction of sp³-hybridized carbons (Fsp3) is 0.643. The third-order valence-corrected chi connectivity index (χ3v) is 4.46. The van der Waals surface area contributed by atoms with Crippen LogP contribution in [0, 0.1) is 6.92 Å². The van der Waals surface area contributed by atoms with Crippen molar-refractivity contribution in [3.05, 3.63) is 16.1 Å². The lowest BCUT2D eigenvalue weighted by molar-refractivity contribution is -0.131. The molecule has 20 heavy (non-hydrogen) atoms. The second-order valence-electron chi connectivity index (χ2n) is 5.07. The van der Waals surface area contributed by atoms with E-state index in [4.69, 9.17) is 0 Å². The summed E-state index contributed by atoms with van der Waals surface area (Å²) in [6.45, 7) is 3.93. The molecule has 0 aromatic carbocycles. The van der Waals surface area contributed by atoms with Crippen molar-refractivity contribution >= 4 is 23.2 Å². The molecule has 0 aliphatic carbocycles. The van der Waals surface area contributed by atoms with Gasteiger partial charge in [-0.3, -0.25) is 9.59 Å². The van der Waals surface area contributed by atoms with Crippen LogP contribution in [-0.4, -0.2) is 41.3 Å². The number of amides is 2. The summed E-state index contributed by atoms with van der Waals surface area (Å²) in [4.78, 5) is 30.5. The van der Waals surface area contributed by atoms with Crippen LogP contribution in [0.5, 0.6) is 0 Å². The molecule has 0 bridgehead atoms. The van der Waals surface area contributed by atoms with Gasteiger partial charge in [0.15, 0.2) is 0 Å². The normalized spacial score (nSPS) is 15.8. The van der Waals surface area contributed by atoms with E-state index in [0.717, 1.165) is 31.6 Å². The topological polar surface area (TPSA) is 62.3 Å². The molecule has 0 radical (unpaired) electrons. The Labute approximate surface area is 123 Å². The van der Waals surface area contributed by atoms with Gasteiger partial charge in [0.2, 0.25) is 5.91 Å². The average molecular weight is 295 g/mol. The van der Waals surface area contributed by atoms with Crippen LogP contribution in [0.1, 0.15) is 47.5 Å². The van der Waals surface area contributed by atoms with Crippen LogP contribution in [0.25, 0.3) is 0 Å². The Bertz CT molecular complexity index is 465. The van der Waals surface area contributed by atoms with E-state index in [2.05, 4.69) is 10.3 Å². The predicted octanol–water partition coefficient (Wildman–Crippen LogP) is 1.97. The minimum absolute atomic E-state index is 0.131. The van der Waals surface area contributed by atoms with Gasteiger partial charge in [0.25, 0.3) is 5.91 Å². The highest BCUT2D eigenvalue weighted by Gasteiger charge is 2.16. The molecule has 1 saturated heterocycles. The second kappa shape index (κ2) is 7.38. The van der Waals surface area contributed by atoms with Gasteiger partial charge in [-0.05, 0) is 19.8 Å². The van der Waals surface area contributed by atoms with Gasteiger partial charge in [-0.15, -0.1) is 11.3 Å². The Balaban J connectivity index is 1.73. The zero-order valence-corrected chi connectivity index (χ0v) is 12.7. The molecule has 0 saturated carbocycles. The van der Waals surface area contributed by atoms with E-state index in [-0.39, 0.29) is 11.8 Å². The summed E-state index contributed by atoms with van der Waals surface area (Å²) in [6.07, 6.45) is 5.00. The molecule has 1 aromatic rings. The molecule has 6 heteroatoms. The quantitative estimate of drug-likeness (QED) is 0.924. The Morgan fingerprint density at radius 1 is 1.30 bits per heavy atom. The zero-order chi connectivity index (χ0) is 14.4. The first-order valence-electron chi connectivity index (χ1n) is 7.14. The van der Waals surface area contributed by atoms with Crippen molar-refractivity contribution in [1.29, 1.82) is 0 Å². The van der Waals surface area contributed by atoms with Crippen LogP contribution in [-0.2, 0) is 4.79 Å². The maximum absolute atomic E-state index is 12.1. The van der Waals surface area contributed by atoms with E-state index < -0.39 is 0 Å². The van der Waals surface area contributed by atoms with Gasteiger partial charge < -0.3 is 10.2 Å². The molecule has 0 atom stereocenters. The van der Waals surface area contributed by atoms with Gasteiger partial charge in [0.1, 0.15) is 4.88 Å². The number of hydrogen-bond donors (Lipinski definition) is 1. The third-order valence-electron chi connectivity index (χ3n) is 3.53. The highest BCUT2D eigenvalue weighted by atomic mass is 32.1. The Hall–Kier alpha value is -1.43. The fourth-order valence-corrected chi connectivity index (χ4v) is 3.08. The number of carbonyl (C=O) groups is 2. The number of aromatic nitrogens is 1. The lowest BCUT2D eigenvalue weighted by Gasteiger charge is -2.20. The van der Waals surface area contributed by atoms with Crippen LogP contribution in [0.4, 0.5) is 0 Å². The number of aryl methyl sites for hydroxylation is 1. The molecular weight excluding hydrogens is 274 g/mol. The van der Waals surface area contributed by atoms with Crippen LogP contribution < -0.4 is 5.32 Å². The molecule has 1 aliphatic rings. The predicted molar refractivity (Wildman–Crippen MR) is 78.8 cm³/mol. The van der Waals surface area contributed by atoms with Crippen molar-refractivity contribution in [3.8, 4) is 0 Å². The van der Waals surface area contributed by atoms with Crippen molar-refractivity contribution in [2.24, 2.45) is 0 Å². The van der Waals surface area contributed by atoms with Crippen LogP contribution in [0.2, 0.25) is 0 Å². The number of nitrogens with one attached hydrogen (secondary N) is 1. The van der Waals surface area contributed by atoms with Gasteiger partial charge in [-0.25, -0.2) is 4.98 Å². The molecule has 1 aliphatic heterocycles. The molecule has 110 valence electrons. The van der Waals surface area contributed by atoms with E-state index in [1.165, 1.54) is 24.2 Å². The molecule has 5 nitrogen and oxygen atoms in total. The van der Waals surface area contributed by atoms with Gasteiger partial charge in [0, 0.05) is 26.1 Å². The highest BCUT2D eigenvalue weighted by molar-refractivity contribution is 7.11. The van der Waals surface area contributed by atoms with Crippen LogP contribution >= 0.6 is 11.3 Å². The maximum atomic E-state index is 12.1. The molecule has 2 amide bonds. The van der Waals surface area contributed by atoms with E-state index in [1.54, 1.807) is 5.51 Å². The molecule has 1 fully saturated rings. The minimum Gasteiger partial charge on any atom is -0.351 e. The maximum Gasteiger partial charge on any atom is 0.263 e. The Morgan fingerprint density at radius 3 is 2.60 bits per heavy atom. The number of thiazole rings is 1. The number of carbonyl (C=O) groups excluding carboxylic acids is 2. The van der Waals surface area contributed by atoms with E-state index in [9.17, 15) is 9.59 Å². The molecule has 2 heterocycles. The fourth-order valence-electron chi connectivity index (χ4n) is 2.36. The average Bonchev–Trinajstić information content (AvgIpc) is 2.70. The van der Waals surface area contributed by atoms with Crippen molar-refractivity contribution in [2.45, 2.75) is 39.0 Å². The first-order chi connectivity index (χ1) is 9.68. The first kappa shape index (κ1) is 15.0. The summed E-state index contributed by atoms with van der Waals surface area (Å²) in [5, 5.41) is 2.80. The molecular formula is C14H21N3O2S. The molecule has 0 unspecified atom stereocenters. The molecule has 0 spiro atoms. The lowest BCUT2D eigenvalue weighted by Crippen LogP contribution is -2.35. The second-order valence-corrected chi connectivity index (χ2v) is 5.92. The number of hydrogen-bond acceptors (Lipinski definition) is 4. The monoisotopic (exact) mass is 295 g/mol. The van der Waals surface area contributed by atoms with Crippen molar-refractivity contribution in [2.75, 3.05) is 19.6 Å². The van der Waals surface area contributed by atoms with Crippen molar-refractivity contribution < 1.29 is 9.59 Å². The lowest BCUT2D eigenvalue weighted by atomic mass is 10.2. The Kier molecular flexibility index (Phi) is 5.52. The smallest absolute Gasteiger partial charge is 0.263 e. The van der Waals surface area contributed by atoms with Crippen molar-refractivity contribution in [3.63, 3.8) is 0 Å². The molecule has 1 N–H and O–H groups in total. The minimum atomic E-state index is -0.131. The van der Waals surface area contributed by atoms with Crippen molar-refractivity contribution in [1.82, 2.24) is 15.2 Å². The van der Waals surface area contributed by atoms with E-state index >= 15 is 0 Å². The van der Waals surface area contributed by atoms with Gasteiger partial charge >= 0.3 is 0 Å². The summed E-state index contributed by atoms with van der Waals surface area (Å²) in [6, 6.07) is 0. The summed E-state index contributed by atoms with van der Waals surface area (Å²) in [7, 11) is 0. The summed E-state index contributed by atoms with van der Waals surface area (Å²) >= 11 is 1.33. The van der Waals surface area contributed by atoms with Crippen LogP contribution in [0.15, 0.2) is 5.51 Å². The molecule has 1 aromatic heterocycles. The standard InChI is InChI=1S/C14H21N3O2S/c1-11-13(20-10-16-11)14(19)15-7-6-12(18)17-8-4-2-3-5-9-17/h10H,2-9H2,1H3,(H,15,19). The molecule has 2 rings (SSSR count). The van der Waals surface area contributed by atoms with E-state index in [0.29, 0.717) is 17.8 Å². The number of likely N-dealkylation sites (tertiary alicyclic amines) is 1. The number of rotatable bonds is 4. The summed E-state index contributed by atoms with van der Waals surface area (Å²) in [5.41, 5.74) is 2.40. The van der Waals surface area contributed by atoms with E-state index in [1.807, 2.05) is 11.8 Å². The highest BCUT2D eigenvalue weighted by Crippen LogP contribution is 2.12. The van der Waals surface area contributed by atoms with Crippen LogP contribution in [0.3, 0.4) is 0 Å².